The van der Waals surface area contributed by atoms with E-state index in [0.717, 1.165) is 19.2 Å². The van der Waals surface area contributed by atoms with Crippen molar-refractivity contribution in [3.63, 3.8) is 0 Å². The summed E-state index contributed by atoms with van der Waals surface area (Å²) in [5, 5.41) is 1.43. The van der Waals surface area contributed by atoms with E-state index in [1.165, 1.54) is 11.4 Å². The molecule has 0 aliphatic carbocycles. The number of halogens is 12. The molecule has 214 valence electrons. The molecule has 0 saturated carbocycles. The summed E-state index contributed by atoms with van der Waals surface area (Å²) in [5.74, 6) is -5.58. The van der Waals surface area contributed by atoms with Gasteiger partial charge in [0.15, 0.2) is 5.78 Å². The lowest BCUT2D eigenvalue weighted by Crippen LogP contribution is -2.43. The zero-order chi connectivity index (χ0) is 29.9. The van der Waals surface area contributed by atoms with Gasteiger partial charge in [0, 0.05) is 27.1 Å². The van der Waals surface area contributed by atoms with Crippen LogP contribution in [0.5, 0.6) is 0 Å². The molecule has 0 aliphatic heterocycles. The van der Waals surface area contributed by atoms with Crippen LogP contribution in [-0.4, -0.2) is 49.2 Å². The van der Waals surface area contributed by atoms with Crippen molar-refractivity contribution >= 4 is 49.5 Å². The lowest BCUT2D eigenvalue weighted by atomic mass is 9.95. The number of benzene rings is 2. The minimum Gasteiger partial charge on any atom is -0.329 e. The van der Waals surface area contributed by atoms with Gasteiger partial charge in [0.05, 0.1) is 12.1 Å². The van der Waals surface area contributed by atoms with E-state index in [2.05, 4.69) is 31.9 Å². The van der Waals surface area contributed by atoms with Crippen LogP contribution in [0.15, 0.2) is 51.4 Å². The number of nitrogens with one attached hydrogen (secondary N) is 1. The second-order valence-corrected chi connectivity index (χ2v) is 9.88. The van der Waals surface area contributed by atoms with Gasteiger partial charge in [-0.05, 0) is 35.9 Å². The highest BCUT2D eigenvalue weighted by molar-refractivity contribution is 9.11. The third-order valence-electron chi connectivity index (χ3n) is 4.98. The van der Waals surface area contributed by atoms with E-state index in [0.29, 0.717) is 17.0 Å². The van der Waals surface area contributed by atoms with E-state index in [1.807, 2.05) is 0 Å². The van der Waals surface area contributed by atoms with Crippen molar-refractivity contribution in [2.45, 2.75) is 24.4 Å². The highest BCUT2D eigenvalue weighted by Crippen LogP contribution is 2.41. The Hall–Kier alpha value is -2.62. The Kier molecular flexibility index (Phi) is 10.3. The first kappa shape index (κ1) is 32.6. The van der Waals surface area contributed by atoms with Gasteiger partial charge >= 0.3 is 24.6 Å². The van der Waals surface area contributed by atoms with E-state index in [1.54, 1.807) is 0 Å². The largest absolute Gasteiger partial charge is 0.417 e. The lowest BCUT2D eigenvalue weighted by molar-refractivity contribution is -0.140. The van der Waals surface area contributed by atoms with Crippen molar-refractivity contribution < 1.29 is 53.5 Å². The van der Waals surface area contributed by atoms with Crippen molar-refractivity contribution in [2.75, 3.05) is 20.1 Å². The second kappa shape index (κ2) is 12.3. The molecule has 0 spiro atoms. The molecule has 4 nitrogen and oxygen atoms in total. The van der Waals surface area contributed by atoms with Gasteiger partial charge in [0.2, 0.25) is 0 Å². The zero-order valence-corrected chi connectivity index (χ0v) is 22.5. The maximum atomic E-state index is 14.9. The Labute approximate surface area is 231 Å². The van der Waals surface area contributed by atoms with Gasteiger partial charge in [-0.2, -0.15) is 39.5 Å². The number of allylic oxidation sites excluding steroid dienone is 1. The predicted molar refractivity (Wildman–Crippen MR) is 128 cm³/mol. The minimum atomic E-state index is -5.28. The molecule has 39 heavy (non-hydrogen) atoms. The van der Waals surface area contributed by atoms with Gasteiger partial charge in [0.1, 0.15) is 18.3 Å². The molecule has 1 atom stereocenters. The molecule has 1 N–H and O–H groups in total. The molecule has 1 unspecified atom stereocenters. The molecular formula is C23H16Br2F10N2O2. The number of likely N-dealkylation sites (N-methyl/N-ethyl adjacent to an activating group) is 1. The van der Waals surface area contributed by atoms with Crippen LogP contribution < -0.4 is 5.32 Å². The van der Waals surface area contributed by atoms with E-state index in [-0.39, 0.29) is 21.1 Å². The van der Waals surface area contributed by atoms with Crippen LogP contribution in [0.4, 0.5) is 48.7 Å². The Morgan fingerprint density at radius 2 is 1.51 bits per heavy atom. The Morgan fingerprint density at radius 3 is 2.00 bits per heavy atom. The van der Waals surface area contributed by atoms with Crippen molar-refractivity contribution in [3.05, 3.63) is 73.7 Å². The fourth-order valence-corrected chi connectivity index (χ4v) is 4.56. The maximum absolute atomic E-state index is 14.9. The molecule has 0 aromatic heterocycles. The summed E-state index contributed by atoms with van der Waals surface area (Å²) in [4.78, 5) is 24.6. The summed E-state index contributed by atoms with van der Waals surface area (Å²) in [7, 11) is 0.852. The molecular weight excluding hydrogens is 686 g/mol. The Bertz CT molecular complexity index is 1240. The van der Waals surface area contributed by atoms with Crippen LogP contribution in [0, 0.1) is 0 Å². The first-order chi connectivity index (χ1) is 17.7. The number of carbonyl (C=O) groups excluding carboxylic acids is 2. The van der Waals surface area contributed by atoms with Crippen LogP contribution in [0.2, 0.25) is 0 Å². The van der Waals surface area contributed by atoms with Crippen LogP contribution >= 0.6 is 31.9 Å². The number of nitrogens with zero attached hydrogens (tertiary/aromatic N) is 1. The zero-order valence-electron chi connectivity index (χ0n) is 19.3. The summed E-state index contributed by atoms with van der Waals surface area (Å²) in [6, 6.07) is 3.40. The number of ketones is 1. The number of Topliss-reactive ketones (excluding diaryl/α,β-unsaturated/α-hetero) is 1. The van der Waals surface area contributed by atoms with Gasteiger partial charge in [0.25, 0.3) is 0 Å². The Balaban J connectivity index is 2.43. The molecule has 2 aromatic carbocycles. The predicted octanol–water partition coefficient (Wildman–Crippen LogP) is 8.27. The summed E-state index contributed by atoms with van der Waals surface area (Å²) < 4.78 is 134. The number of rotatable bonds is 7. The SMILES string of the molecule is CN(CC(=O)c1ccc(/C(F)=C/C(c2cc(Br)cc(Br)c2)C(F)(F)F)cc1C(F)(F)F)C(=O)NCC(F)(F)F. The van der Waals surface area contributed by atoms with Crippen LogP contribution in [0.25, 0.3) is 5.83 Å². The second-order valence-electron chi connectivity index (χ2n) is 8.05. The van der Waals surface area contributed by atoms with Gasteiger partial charge in [-0.1, -0.05) is 44.0 Å². The molecule has 0 saturated heterocycles. The average molecular weight is 702 g/mol. The number of hydrogen-bond donors (Lipinski definition) is 1. The number of amides is 2. The summed E-state index contributed by atoms with van der Waals surface area (Å²) >= 11 is 6.02. The number of alkyl halides is 9. The highest BCUT2D eigenvalue weighted by atomic mass is 79.9. The third-order valence-corrected chi connectivity index (χ3v) is 5.89. The van der Waals surface area contributed by atoms with Gasteiger partial charge in [-0.3, -0.25) is 4.79 Å². The molecule has 0 heterocycles. The normalized spacial score (nSPS) is 13.7. The van der Waals surface area contributed by atoms with Gasteiger partial charge < -0.3 is 10.2 Å². The summed E-state index contributed by atoms with van der Waals surface area (Å²) in [6.07, 6.45) is -15.0. The van der Waals surface area contributed by atoms with Crippen molar-refractivity contribution in [2.24, 2.45) is 0 Å². The molecule has 16 heteroatoms. The fourth-order valence-electron chi connectivity index (χ4n) is 3.23. The van der Waals surface area contributed by atoms with Gasteiger partial charge in [-0.25, -0.2) is 9.18 Å². The number of urea groups is 1. The van der Waals surface area contributed by atoms with E-state index < -0.39 is 77.4 Å². The lowest BCUT2D eigenvalue weighted by Gasteiger charge is -2.20. The quantitative estimate of drug-likeness (QED) is 0.234. The van der Waals surface area contributed by atoms with E-state index in [9.17, 15) is 53.5 Å². The molecule has 0 radical (unpaired) electrons. The third kappa shape index (κ3) is 9.51. The van der Waals surface area contributed by atoms with Crippen LogP contribution in [0.1, 0.15) is 33.0 Å². The summed E-state index contributed by atoms with van der Waals surface area (Å²) in [5.41, 5.74) is -4.13. The topological polar surface area (TPSA) is 49.4 Å². The Morgan fingerprint density at radius 1 is 0.949 bits per heavy atom. The molecule has 0 fully saturated rings. The molecule has 2 rings (SSSR count). The van der Waals surface area contributed by atoms with Crippen molar-refractivity contribution in [3.8, 4) is 0 Å². The highest BCUT2D eigenvalue weighted by Gasteiger charge is 2.41. The first-order valence-corrected chi connectivity index (χ1v) is 12.0. The fraction of sp³-hybridized carbons (Fsp3) is 0.304. The van der Waals surface area contributed by atoms with Crippen LogP contribution in [0.3, 0.4) is 0 Å². The molecule has 2 amide bonds. The van der Waals surface area contributed by atoms with Crippen LogP contribution in [-0.2, 0) is 6.18 Å². The maximum Gasteiger partial charge on any atom is 0.417 e. The molecule has 2 aromatic rings. The number of carbonyl (C=O) groups is 2. The summed E-state index contributed by atoms with van der Waals surface area (Å²) in [6.45, 7) is -2.84. The molecule has 0 aliphatic rings. The smallest absolute Gasteiger partial charge is 0.329 e. The average Bonchev–Trinajstić information content (AvgIpc) is 2.77. The van der Waals surface area contributed by atoms with Crippen molar-refractivity contribution in [1.29, 1.82) is 0 Å². The first-order valence-electron chi connectivity index (χ1n) is 10.4. The standard InChI is InChI=1S/C23H16Br2F10N2O2/c1-37(20(39)36-10-21(27,28)29)9-19(38)15-3-2-11(6-17(15)23(33,34)35)18(26)8-16(22(30,31)32)12-4-13(24)7-14(25)5-12/h2-8,16H,9-10H2,1H3,(H,36,39)/b18-8-. The van der Waals surface area contributed by atoms with E-state index in [4.69, 9.17) is 0 Å². The van der Waals surface area contributed by atoms with Crippen molar-refractivity contribution in [1.82, 2.24) is 10.2 Å². The minimum absolute atomic E-state index is 0.0873. The monoisotopic (exact) mass is 700 g/mol. The van der Waals surface area contributed by atoms with E-state index >= 15 is 0 Å². The number of hydrogen-bond acceptors (Lipinski definition) is 2. The van der Waals surface area contributed by atoms with Gasteiger partial charge in [-0.15, -0.1) is 0 Å². The molecule has 0 bridgehead atoms.